The fourth-order valence-electron chi connectivity index (χ4n) is 2.65. The first-order chi connectivity index (χ1) is 14.1. The summed E-state index contributed by atoms with van der Waals surface area (Å²) in [5.41, 5.74) is 1.60. The van der Waals surface area contributed by atoms with Gasteiger partial charge in [-0.2, -0.15) is 0 Å². The lowest BCUT2D eigenvalue weighted by Gasteiger charge is -2.17. The maximum atomic E-state index is 12.6. The zero-order chi connectivity index (χ0) is 21.1. The smallest absolute Gasteiger partial charge is 0.253 e. The second-order valence-corrected chi connectivity index (χ2v) is 6.39. The molecule has 0 spiro atoms. The maximum Gasteiger partial charge on any atom is 0.253 e. The summed E-state index contributed by atoms with van der Waals surface area (Å²) in [6, 6.07) is 12.3. The van der Waals surface area contributed by atoms with Crippen LogP contribution in [0.25, 0.3) is 0 Å². The van der Waals surface area contributed by atoms with Crippen molar-refractivity contribution >= 4 is 17.5 Å². The molecular formula is C23H22ClNO4. The molecule has 29 heavy (non-hydrogen) atoms. The molecule has 1 unspecified atom stereocenters. The number of nitrogens with one attached hydrogen (secondary N) is 1. The molecule has 0 aliphatic rings. The molecule has 0 saturated carbocycles. The number of methoxy groups -OCH3 is 1. The summed E-state index contributed by atoms with van der Waals surface area (Å²) in [5, 5.41) is 3.45. The minimum atomic E-state index is -0.815. The van der Waals surface area contributed by atoms with Gasteiger partial charge in [0.1, 0.15) is 24.7 Å². The van der Waals surface area contributed by atoms with E-state index in [1.165, 1.54) is 0 Å². The summed E-state index contributed by atoms with van der Waals surface area (Å²) < 4.78 is 16.3. The van der Waals surface area contributed by atoms with Crippen LogP contribution >= 0.6 is 11.6 Å². The number of terminal acetylenes is 2. The molecule has 0 radical (unpaired) electrons. The first-order valence-electron chi connectivity index (χ1n) is 8.90. The number of rotatable bonds is 10. The van der Waals surface area contributed by atoms with Gasteiger partial charge in [0.2, 0.25) is 0 Å². The summed E-state index contributed by atoms with van der Waals surface area (Å²) in [7, 11) is 1.58. The van der Waals surface area contributed by atoms with E-state index in [1.54, 1.807) is 37.4 Å². The summed E-state index contributed by atoms with van der Waals surface area (Å²) in [5.74, 6) is 5.80. The van der Waals surface area contributed by atoms with Crippen molar-refractivity contribution in [2.24, 2.45) is 0 Å². The first-order valence-corrected chi connectivity index (χ1v) is 9.28. The van der Waals surface area contributed by atoms with Crippen LogP contribution in [0.5, 0.6) is 11.5 Å². The largest absolute Gasteiger partial charge is 0.496 e. The van der Waals surface area contributed by atoms with Gasteiger partial charge < -0.3 is 19.5 Å². The van der Waals surface area contributed by atoms with Crippen molar-refractivity contribution in [3.8, 4) is 36.2 Å². The van der Waals surface area contributed by atoms with E-state index >= 15 is 0 Å². The van der Waals surface area contributed by atoms with Gasteiger partial charge in [0.15, 0.2) is 6.10 Å². The van der Waals surface area contributed by atoms with Crippen LogP contribution in [-0.4, -0.2) is 32.8 Å². The maximum absolute atomic E-state index is 12.6. The molecule has 0 aliphatic carbocycles. The molecule has 1 N–H and O–H groups in total. The van der Waals surface area contributed by atoms with E-state index in [9.17, 15) is 4.79 Å². The summed E-state index contributed by atoms with van der Waals surface area (Å²) in [6.07, 6.45) is 10.2. The normalized spacial score (nSPS) is 11.0. The van der Waals surface area contributed by atoms with Gasteiger partial charge >= 0.3 is 0 Å². The molecule has 1 atom stereocenters. The standard InChI is InChI=1S/C23H22ClNO4/c1-4-14-28-20-11-8-17(21(16-20)27-3)12-13-25-23(26)22(29-15-5-2)18-6-9-19(24)10-7-18/h1-2,6-11,16,22H,12-15H2,3H3,(H,25,26). The average molecular weight is 412 g/mol. The Balaban J connectivity index is 2.00. The molecule has 6 heteroatoms. The first kappa shape index (κ1) is 22.2. The Labute approximate surface area is 176 Å². The number of benzene rings is 2. The van der Waals surface area contributed by atoms with E-state index in [0.717, 1.165) is 5.56 Å². The molecule has 2 aromatic carbocycles. The molecule has 1 amide bonds. The van der Waals surface area contributed by atoms with Gasteiger partial charge in [-0.15, -0.1) is 12.8 Å². The molecule has 0 aromatic heterocycles. The van der Waals surface area contributed by atoms with Crippen molar-refractivity contribution < 1.29 is 19.0 Å². The molecule has 0 saturated heterocycles. The summed E-state index contributed by atoms with van der Waals surface area (Å²) in [6.45, 7) is 0.596. The van der Waals surface area contributed by atoms with Crippen molar-refractivity contribution in [1.29, 1.82) is 0 Å². The highest BCUT2D eigenvalue weighted by molar-refractivity contribution is 6.30. The Bertz CT molecular complexity index is 897. The van der Waals surface area contributed by atoms with Crippen molar-refractivity contribution in [2.75, 3.05) is 26.9 Å². The van der Waals surface area contributed by atoms with Crippen molar-refractivity contribution in [1.82, 2.24) is 5.32 Å². The lowest BCUT2D eigenvalue weighted by molar-refractivity contribution is -0.132. The number of hydrogen-bond donors (Lipinski definition) is 1. The zero-order valence-corrected chi connectivity index (χ0v) is 16.9. The summed E-state index contributed by atoms with van der Waals surface area (Å²) >= 11 is 5.92. The highest BCUT2D eigenvalue weighted by Crippen LogP contribution is 2.25. The molecule has 0 bridgehead atoms. The van der Waals surface area contributed by atoms with Crippen LogP contribution in [0.2, 0.25) is 5.02 Å². The van der Waals surface area contributed by atoms with Gasteiger partial charge in [-0.05, 0) is 35.7 Å². The SMILES string of the molecule is C#CCOc1ccc(CCNC(=O)C(OCC#C)c2ccc(Cl)cc2)c(OC)c1. The number of halogens is 1. The van der Waals surface area contributed by atoms with Crippen molar-refractivity contribution in [3.63, 3.8) is 0 Å². The van der Waals surface area contributed by atoms with Crippen LogP contribution in [0.3, 0.4) is 0 Å². The monoisotopic (exact) mass is 411 g/mol. The molecule has 2 rings (SSSR count). The minimum Gasteiger partial charge on any atom is -0.496 e. The van der Waals surface area contributed by atoms with Crippen LogP contribution in [0.4, 0.5) is 0 Å². The molecule has 150 valence electrons. The van der Waals surface area contributed by atoms with E-state index in [4.69, 9.17) is 38.7 Å². The van der Waals surface area contributed by atoms with E-state index in [2.05, 4.69) is 17.2 Å². The van der Waals surface area contributed by atoms with E-state index < -0.39 is 6.10 Å². The third-order valence-electron chi connectivity index (χ3n) is 4.02. The molecule has 0 fully saturated rings. The molecule has 5 nitrogen and oxygen atoms in total. The Hall–Kier alpha value is -3.12. The molecule has 0 heterocycles. The van der Waals surface area contributed by atoms with Gasteiger partial charge in [0, 0.05) is 17.6 Å². The van der Waals surface area contributed by atoms with Gasteiger partial charge in [-0.3, -0.25) is 4.79 Å². The second kappa shape index (κ2) is 11.7. The van der Waals surface area contributed by atoms with Crippen molar-refractivity contribution in [2.45, 2.75) is 12.5 Å². The molecular weight excluding hydrogens is 390 g/mol. The third kappa shape index (κ3) is 6.76. The number of ether oxygens (including phenoxy) is 3. The minimum absolute atomic E-state index is 0.0215. The van der Waals surface area contributed by atoms with Gasteiger partial charge in [0.05, 0.1) is 7.11 Å². The van der Waals surface area contributed by atoms with Crippen LogP contribution < -0.4 is 14.8 Å². The van der Waals surface area contributed by atoms with Crippen LogP contribution in [0, 0.1) is 24.7 Å². The highest BCUT2D eigenvalue weighted by Gasteiger charge is 2.21. The lowest BCUT2D eigenvalue weighted by Crippen LogP contribution is -2.32. The second-order valence-electron chi connectivity index (χ2n) is 5.95. The van der Waals surface area contributed by atoms with Crippen LogP contribution in [0.1, 0.15) is 17.2 Å². The number of hydrogen-bond acceptors (Lipinski definition) is 4. The summed E-state index contributed by atoms with van der Waals surface area (Å²) in [4.78, 5) is 12.6. The Morgan fingerprint density at radius 2 is 1.86 bits per heavy atom. The highest BCUT2D eigenvalue weighted by atomic mass is 35.5. The Kier molecular flexibility index (Phi) is 8.92. The predicted octanol–water partition coefficient (Wildman–Crippen LogP) is 3.41. The van der Waals surface area contributed by atoms with Crippen molar-refractivity contribution in [3.05, 3.63) is 58.6 Å². The number of carbonyl (C=O) groups excluding carboxylic acids is 1. The topological polar surface area (TPSA) is 56.8 Å². The number of amides is 1. The van der Waals surface area contributed by atoms with Gasteiger partial charge in [-0.1, -0.05) is 41.6 Å². The van der Waals surface area contributed by atoms with Crippen LogP contribution in [-0.2, 0) is 16.0 Å². The molecule has 2 aromatic rings. The third-order valence-corrected chi connectivity index (χ3v) is 4.27. The van der Waals surface area contributed by atoms with E-state index in [-0.39, 0.29) is 19.1 Å². The zero-order valence-electron chi connectivity index (χ0n) is 16.1. The fraction of sp³-hybridized carbons (Fsp3) is 0.261. The fourth-order valence-corrected chi connectivity index (χ4v) is 2.78. The van der Waals surface area contributed by atoms with Gasteiger partial charge in [0.25, 0.3) is 5.91 Å². The van der Waals surface area contributed by atoms with Gasteiger partial charge in [-0.25, -0.2) is 0 Å². The molecule has 0 aliphatic heterocycles. The predicted molar refractivity (Wildman–Crippen MR) is 113 cm³/mol. The van der Waals surface area contributed by atoms with E-state index in [1.807, 2.05) is 12.1 Å². The van der Waals surface area contributed by atoms with E-state index in [0.29, 0.717) is 35.1 Å². The Morgan fingerprint density at radius 1 is 1.14 bits per heavy atom. The Morgan fingerprint density at radius 3 is 2.52 bits per heavy atom. The average Bonchev–Trinajstić information content (AvgIpc) is 2.74. The lowest BCUT2D eigenvalue weighted by atomic mass is 10.1. The number of carbonyl (C=O) groups is 1. The van der Waals surface area contributed by atoms with Crippen LogP contribution in [0.15, 0.2) is 42.5 Å². The quantitative estimate of drug-likeness (QED) is 0.609.